The number of nitrogens with two attached hydrogens (primary N) is 1. The lowest BCUT2D eigenvalue weighted by Gasteiger charge is -2.36. The number of allylic oxidation sites excluding steroid dienone is 3. The first kappa shape index (κ1) is 14.3. The van der Waals surface area contributed by atoms with E-state index < -0.39 is 27.8 Å². The van der Waals surface area contributed by atoms with Gasteiger partial charge in [-0.05, 0) is 48.9 Å². The molecule has 2 atom stereocenters. The van der Waals surface area contributed by atoms with E-state index in [1.807, 2.05) is 0 Å². The summed E-state index contributed by atoms with van der Waals surface area (Å²) in [5.41, 5.74) is -0.707. The van der Waals surface area contributed by atoms with Gasteiger partial charge in [0, 0.05) is 0 Å². The third-order valence-corrected chi connectivity index (χ3v) is 3.16. The zero-order valence-corrected chi connectivity index (χ0v) is 11.5. The largest absolute Gasteiger partial charge is 0.275 e. The molecular formula is C11H15BrF2N2O. The van der Waals surface area contributed by atoms with E-state index in [1.54, 1.807) is 20.8 Å². The van der Waals surface area contributed by atoms with Gasteiger partial charge in [0.05, 0.1) is 5.54 Å². The molecule has 0 heterocycles. The molecule has 0 saturated heterocycles. The van der Waals surface area contributed by atoms with Gasteiger partial charge in [-0.15, -0.1) is 0 Å². The lowest BCUT2D eigenvalue weighted by molar-refractivity contribution is -0.142. The molecule has 0 saturated carbocycles. The molecule has 0 spiro atoms. The van der Waals surface area contributed by atoms with Crippen molar-refractivity contribution in [1.82, 2.24) is 5.01 Å². The van der Waals surface area contributed by atoms with E-state index in [4.69, 9.17) is 5.84 Å². The fraction of sp³-hybridized carbons (Fsp3) is 0.545. The Morgan fingerprint density at radius 3 is 2.53 bits per heavy atom. The number of hydrazine groups is 1. The second kappa shape index (κ2) is 4.49. The Hall–Kier alpha value is -0.750. The van der Waals surface area contributed by atoms with Crippen LogP contribution in [0, 0.1) is 5.92 Å². The van der Waals surface area contributed by atoms with Crippen molar-refractivity contribution in [2.24, 2.45) is 11.8 Å². The summed E-state index contributed by atoms with van der Waals surface area (Å²) in [5.74, 6) is 2.34. The van der Waals surface area contributed by atoms with Gasteiger partial charge < -0.3 is 0 Å². The molecular weight excluding hydrogens is 294 g/mol. The highest BCUT2D eigenvalue weighted by Crippen LogP contribution is 2.40. The van der Waals surface area contributed by atoms with Crippen LogP contribution in [0.3, 0.4) is 0 Å². The highest BCUT2D eigenvalue weighted by Gasteiger charge is 2.47. The number of halogens is 3. The van der Waals surface area contributed by atoms with Gasteiger partial charge in [0.25, 0.3) is 5.91 Å². The summed E-state index contributed by atoms with van der Waals surface area (Å²) in [6.45, 7) is 5.04. The minimum Gasteiger partial charge on any atom is -0.275 e. The van der Waals surface area contributed by atoms with Gasteiger partial charge in [-0.1, -0.05) is 6.08 Å². The SMILES string of the molecule is CC(C)(C)N(N)C(=O)C1C(F)=CC=CC1(F)Br. The van der Waals surface area contributed by atoms with Crippen molar-refractivity contribution in [2.75, 3.05) is 0 Å². The summed E-state index contributed by atoms with van der Waals surface area (Å²) in [4.78, 5) is 12.0. The number of nitrogens with zero attached hydrogens (tertiary/aromatic N) is 1. The third-order valence-electron chi connectivity index (χ3n) is 2.44. The van der Waals surface area contributed by atoms with Crippen molar-refractivity contribution in [3.8, 4) is 0 Å². The Balaban J connectivity index is 3.04. The molecule has 2 N–H and O–H groups in total. The highest BCUT2D eigenvalue weighted by molar-refractivity contribution is 9.10. The number of hydrogen-bond acceptors (Lipinski definition) is 2. The summed E-state index contributed by atoms with van der Waals surface area (Å²) >= 11 is 2.70. The quantitative estimate of drug-likeness (QED) is 0.350. The summed E-state index contributed by atoms with van der Waals surface area (Å²) < 4.78 is 25.4. The molecule has 0 aromatic carbocycles. The van der Waals surface area contributed by atoms with Gasteiger partial charge >= 0.3 is 0 Å². The number of alkyl halides is 2. The summed E-state index contributed by atoms with van der Waals surface area (Å²) in [5, 5.41) is 0.847. The molecule has 17 heavy (non-hydrogen) atoms. The number of amides is 1. The van der Waals surface area contributed by atoms with Crippen LogP contribution < -0.4 is 5.84 Å². The molecule has 0 aliphatic heterocycles. The number of hydrogen-bond donors (Lipinski definition) is 1. The first-order valence-corrected chi connectivity index (χ1v) is 5.88. The molecule has 1 rings (SSSR count). The first-order valence-electron chi connectivity index (χ1n) is 5.09. The van der Waals surface area contributed by atoms with Gasteiger partial charge in [0.2, 0.25) is 4.58 Å². The number of rotatable bonds is 1. The Morgan fingerprint density at radius 1 is 1.59 bits per heavy atom. The molecule has 0 aromatic heterocycles. The monoisotopic (exact) mass is 308 g/mol. The van der Waals surface area contributed by atoms with Gasteiger partial charge in [0.15, 0.2) is 0 Å². The first-order chi connectivity index (χ1) is 7.57. The van der Waals surface area contributed by atoms with Crippen LogP contribution in [0.1, 0.15) is 20.8 Å². The molecule has 0 bridgehead atoms. The zero-order valence-electron chi connectivity index (χ0n) is 9.88. The molecule has 0 radical (unpaired) electrons. The van der Waals surface area contributed by atoms with E-state index in [2.05, 4.69) is 15.9 Å². The fourth-order valence-electron chi connectivity index (χ4n) is 1.40. The van der Waals surface area contributed by atoms with Crippen molar-refractivity contribution in [1.29, 1.82) is 0 Å². The van der Waals surface area contributed by atoms with Crippen LogP contribution in [0.4, 0.5) is 8.78 Å². The molecule has 1 aliphatic rings. The lowest BCUT2D eigenvalue weighted by atomic mass is 9.94. The minimum atomic E-state index is -2.24. The van der Waals surface area contributed by atoms with Gasteiger partial charge in [-0.25, -0.2) is 14.6 Å². The van der Waals surface area contributed by atoms with Crippen LogP contribution in [-0.2, 0) is 4.79 Å². The lowest BCUT2D eigenvalue weighted by Crippen LogP contribution is -2.55. The zero-order chi connectivity index (χ0) is 13.4. The normalized spacial score (nSPS) is 28.9. The third kappa shape index (κ3) is 2.93. The molecule has 1 amide bonds. The number of carbonyl (C=O) groups is 1. The van der Waals surface area contributed by atoms with E-state index >= 15 is 0 Å². The van der Waals surface area contributed by atoms with Gasteiger partial charge in [0.1, 0.15) is 11.7 Å². The summed E-state index contributed by atoms with van der Waals surface area (Å²) in [6.07, 6.45) is 3.35. The van der Waals surface area contributed by atoms with E-state index in [0.717, 1.165) is 17.2 Å². The molecule has 0 fully saturated rings. The minimum absolute atomic E-state index is 0.707. The molecule has 6 heteroatoms. The molecule has 1 aliphatic carbocycles. The Labute approximate surface area is 107 Å². The number of carbonyl (C=O) groups excluding carboxylic acids is 1. The van der Waals surface area contributed by atoms with Crippen LogP contribution >= 0.6 is 15.9 Å². The van der Waals surface area contributed by atoms with Gasteiger partial charge in [-0.3, -0.25) is 9.80 Å². The van der Waals surface area contributed by atoms with Crippen LogP contribution in [0.5, 0.6) is 0 Å². The van der Waals surface area contributed by atoms with Crippen LogP contribution in [-0.4, -0.2) is 21.0 Å². The smallest absolute Gasteiger partial charge is 0.251 e. The Kier molecular flexibility index (Phi) is 3.78. The van der Waals surface area contributed by atoms with Crippen LogP contribution in [0.25, 0.3) is 0 Å². The van der Waals surface area contributed by atoms with E-state index in [-0.39, 0.29) is 0 Å². The van der Waals surface area contributed by atoms with Crippen LogP contribution in [0.15, 0.2) is 24.1 Å². The maximum Gasteiger partial charge on any atom is 0.251 e. The predicted molar refractivity (Wildman–Crippen MR) is 65.4 cm³/mol. The molecule has 96 valence electrons. The Morgan fingerprint density at radius 2 is 2.12 bits per heavy atom. The predicted octanol–water partition coefficient (Wildman–Crippen LogP) is 2.59. The highest BCUT2D eigenvalue weighted by atomic mass is 79.9. The van der Waals surface area contributed by atoms with E-state index in [9.17, 15) is 13.6 Å². The van der Waals surface area contributed by atoms with Crippen LogP contribution in [0.2, 0.25) is 0 Å². The van der Waals surface area contributed by atoms with Crippen molar-refractivity contribution >= 4 is 21.8 Å². The van der Waals surface area contributed by atoms with Crippen molar-refractivity contribution < 1.29 is 13.6 Å². The maximum atomic E-state index is 14.0. The van der Waals surface area contributed by atoms with Gasteiger partial charge in [-0.2, -0.15) is 0 Å². The van der Waals surface area contributed by atoms with E-state index in [1.165, 1.54) is 6.08 Å². The van der Waals surface area contributed by atoms with Crippen molar-refractivity contribution in [3.05, 3.63) is 24.1 Å². The molecule has 0 aromatic rings. The van der Waals surface area contributed by atoms with Crippen molar-refractivity contribution in [3.63, 3.8) is 0 Å². The van der Waals surface area contributed by atoms with E-state index in [0.29, 0.717) is 0 Å². The van der Waals surface area contributed by atoms with Crippen molar-refractivity contribution in [2.45, 2.75) is 30.9 Å². The standard InChI is InChI=1S/C11H15BrF2N2O/c1-10(2,3)16(15)9(17)8-7(13)5-4-6-11(8,12)14/h4-6,8H,15H2,1-3H3. The topological polar surface area (TPSA) is 46.3 Å². The summed E-state index contributed by atoms with van der Waals surface area (Å²) in [7, 11) is 0. The maximum absolute atomic E-state index is 14.0. The average molecular weight is 309 g/mol. The second-order valence-corrected chi connectivity index (χ2v) is 6.11. The summed E-state index contributed by atoms with van der Waals surface area (Å²) in [6, 6.07) is 0. The molecule has 3 nitrogen and oxygen atoms in total. The average Bonchev–Trinajstić information content (AvgIpc) is 2.13. The fourth-order valence-corrected chi connectivity index (χ4v) is 1.96. The molecule has 2 unspecified atom stereocenters. The Bertz CT molecular complexity index is 385. The second-order valence-electron chi connectivity index (χ2n) is 4.90.